The van der Waals surface area contributed by atoms with E-state index in [0.29, 0.717) is 0 Å². The molecule has 0 fully saturated rings. The summed E-state index contributed by atoms with van der Waals surface area (Å²) in [7, 11) is 0. The molecular formula is C57H38N2. The molecule has 1 aliphatic carbocycles. The Morgan fingerprint density at radius 2 is 0.949 bits per heavy atom. The van der Waals surface area contributed by atoms with Crippen LogP contribution in [0.1, 0.15) is 25.0 Å². The molecule has 2 heteroatoms. The second kappa shape index (κ2) is 12.8. The van der Waals surface area contributed by atoms with Crippen molar-refractivity contribution < 1.29 is 0 Å². The van der Waals surface area contributed by atoms with Crippen LogP contribution in [-0.2, 0) is 5.41 Å². The van der Waals surface area contributed by atoms with Gasteiger partial charge in [-0.3, -0.25) is 0 Å². The Labute approximate surface area is 343 Å². The second-order valence-electron chi connectivity index (χ2n) is 16.6. The van der Waals surface area contributed by atoms with Crippen LogP contribution in [0.15, 0.2) is 194 Å². The van der Waals surface area contributed by atoms with Crippen LogP contribution in [0.3, 0.4) is 0 Å². The Kier molecular flexibility index (Phi) is 7.31. The summed E-state index contributed by atoms with van der Waals surface area (Å²) in [6.45, 7) is 4.70. The maximum Gasteiger partial charge on any atom is 0.160 e. The van der Waals surface area contributed by atoms with Crippen LogP contribution in [-0.4, -0.2) is 9.97 Å². The summed E-state index contributed by atoms with van der Waals surface area (Å²) in [6.07, 6.45) is 0. The lowest BCUT2D eigenvalue weighted by atomic mass is 9.81. The minimum atomic E-state index is -0.147. The summed E-state index contributed by atoms with van der Waals surface area (Å²) in [4.78, 5) is 10.6. The van der Waals surface area contributed by atoms with E-state index in [0.717, 1.165) is 33.9 Å². The lowest BCUT2D eigenvalue weighted by Gasteiger charge is -2.22. The van der Waals surface area contributed by atoms with Crippen LogP contribution in [0.5, 0.6) is 0 Å². The van der Waals surface area contributed by atoms with Gasteiger partial charge in [-0.25, -0.2) is 9.97 Å². The average molecular weight is 751 g/mol. The first-order valence-electron chi connectivity index (χ1n) is 20.5. The van der Waals surface area contributed by atoms with Crippen molar-refractivity contribution in [2.24, 2.45) is 0 Å². The van der Waals surface area contributed by atoms with E-state index in [9.17, 15) is 0 Å². The van der Waals surface area contributed by atoms with Gasteiger partial charge in [0.25, 0.3) is 0 Å². The van der Waals surface area contributed by atoms with Crippen molar-refractivity contribution in [3.8, 4) is 56.2 Å². The lowest BCUT2D eigenvalue weighted by Crippen LogP contribution is -2.14. The van der Waals surface area contributed by atoms with Crippen LogP contribution in [0.25, 0.3) is 110 Å². The first-order chi connectivity index (χ1) is 29.0. The van der Waals surface area contributed by atoms with Crippen LogP contribution in [0, 0.1) is 0 Å². The normalized spacial score (nSPS) is 13.1. The highest BCUT2D eigenvalue weighted by Crippen LogP contribution is 2.53. The summed E-state index contributed by atoms with van der Waals surface area (Å²) >= 11 is 0. The Balaban J connectivity index is 1.02. The van der Waals surface area contributed by atoms with Crippen molar-refractivity contribution in [3.63, 3.8) is 0 Å². The summed E-state index contributed by atoms with van der Waals surface area (Å²) in [6, 6.07) is 70.8. The molecule has 0 spiro atoms. The molecule has 12 rings (SSSR count). The monoisotopic (exact) mass is 750 g/mol. The first-order valence-corrected chi connectivity index (χ1v) is 20.5. The second-order valence-corrected chi connectivity index (χ2v) is 16.6. The predicted molar refractivity (Wildman–Crippen MR) is 249 cm³/mol. The van der Waals surface area contributed by atoms with Crippen molar-refractivity contribution in [2.75, 3.05) is 0 Å². The molecule has 2 nitrogen and oxygen atoms in total. The Bertz CT molecular complexity index is 3520. The van der Waals surface area contributed by atoms with Crippen molar-refractivity contribution in [1.82, 2.24) is 9.97 Å². The van der Waals surface area contributed by atoms with Crippen LogP contribution >= 0.6 is 0 Å². The summed E-state index contributed by atoms with van der Waals surface area (Å²) in [5.41, 5.74) is 12.6. The Hall–Kier alpha value is -7.42. The smallest absolute Gasteiger partial charge is 0.160 e. The fraction of sp³-hybridized carbons (Fsp3) is 0.0526. The molecule has 0 saturated carbocycles. The number of aromatic nitrogens is 2. The van der Waals surface area contributed by atoms with Gasteiger partial charge in [-0.2, -0.15) is 0 Å². The third kappa shape index (κ3) is 5.26. The molecule has 0 saturated heterocycles. The van der Waals surface area contributed by atoms with Gasteiger partial charge in [0.1, 0.15) is 0 Å². The number of rotatable bonds is 4. The summed E-state index contributed by atoms with van der Waals surface area (Å²) in [5.74, 6) is 0.720. The van der Waals surface area contributed by atoms with Crippen LogP contribution in [0.4, 0.5) is 0 Å². The quantitative estimate of drug-likeness (QED) is 0.132. The van der Waals surface area contributed by atoms with Gasteiger partial charge < -0.3 is 0 Å². The molecule has 0 aliphatic heterocycles. The van der Waals surface area contributed by atoms with Crippen LogP contribution < -0.4 is 0 Å². The highest BCUT2D eigenvalue weighted by Gasteiger charge is 2.37. The first kappa shape index (κ1) is 33.7. The molecule has 0 amide bonds. The number of hydrogen-bond donors (Lipinski definition) is 0. The van der Waals surface area contributed by atoms with Gasteiger partial charge >= 0.3 is 0 Å². The standard InChI is InChI=1S/C57H38N2/c1-57(2)50-22-12-21-47(55(50)49-31-37-16-6-7-17-38(37)33-51(49)57)53-34-52(58-56(59-53)36-14-4-3-5-15-36)42-25-23-40-30-43(26-24-39(40)29-42)54-45-20-11-9-18-41(45)32-48-44-19-10-8-13-35(44)27-28-46(48)54/h3-34H,1-2H3. The van der Waals surface area contributed by atoms with E-state index in [1.807, 2.05) is 6.07 Å². The maximum atomic E-state index is 5.32. The van der Waals surface area contributed by atoms with Crippen molar-refractivity contribution in [2.45, 2.75) is 19.3 Å². The zero-order chi connectivity index (χ0) is 39.2. The van der Waals surface area contributed by atoms with Crippen molar-refractivity contribution in [1.29, 1.82) is 0 Å². The molecule has 0 N–H and O–H groups in total. The molecule has 10 aromatic carbocycles. The fourth-order valence-corrected chi connectivity index (χ4v) is 9.83. The van der Waals surface area contributed by atoms with Crippen molar-refractivity contribution in [3.05, 3.63) is 205 Å². The minimum Gasteiger partial charge on any atom is -0.228 e. The largest absolute Gasteiger partial charge is 0.228 e. The molecular weight excluding hydrogens is 713 g/mol. The van der Waals surface area contributed by atoms with Gasteiger partial charge in [-0.15, -0.1) is 0 Å². The van der Waals surface area contributed by atoms with Gasteiger partial charge in [0.2, 0.25) is 0 Å². The molecule has 0 atom stereocenters. The fourth-order valence-electron chi connectivity index (χ4n) is 9.83. The molecule has 1 aliphatic rings. The van der Waals surface area contributed by atoms with E-state index in [4.69, 9.17) is 9.97 Å². The van der Waals surface area contributed by atoms with E-state index in [1.54, 1.807) is 0 Å². The zero-order valence-corrected chi connectivity index (χ0v) is 32.9. The minimum absolute atomic E-state index is 0.147. The zero-order valence-electron chi connectivity index (χ0n) is 32.9. The highest BCUT2D eigenvalue weighted by atomic mass is 14.9. The molecule has 0 bridgehead atoms. The van der Waals surface area contributed by atoms with Crippen LogP contribution in [0.2, 0.25) is 0 Å². The van der Waals surface area contributed by atoms with Gasteiger partial charge in [0.05, 0.1) is 11.4 Å². The number of nitrogens with zero attached hydrogens (tertiary/aromatic N) is 2. The van der Waals surface area contributed by atoms with E-state index in [-0.39, 0.29) is 5.41 Å². The topological polar surface area (TPSA) is 25.8 Å². The van der Waals surface area contributed by atoms with Gasteiger partial charge in [-0.1, -0.05) is 172 Å². The number of fused-ring (bicyclic) bond motifs is 9. The molecule has 59 heavy (non-hydrogen) atoms. The Morgan fingerprint density at radius 1 is 0.322 bits per heavy atom. The predicted octanol–water partition coefficient (Wildman–Crippen LogP) is 15.2. The summed E-state index contributed by atoms with van der Waals surface area (Å²) < 4.78 is 0. The Morgan fingerprint density at radius 3 is 1.76 bits per heavy atom. The number of hydrogen-bond acceptors (Lipinski definition) is 2. The van der Waals surface area contributed by atoms with E-state index in [1.165, 1.54) is 87.2 Å². The molecule has 0 unspecified atom stereocenters. The molecule has 276 valence electrons. The van der Waals surface area contributed by atoms with Gasteiger partial charge in [0.15, 0.2) is 5.82 Å². The molecule has 11 aromatic rings. The van der Waals surface area contributed by atoms with Crippen molar-refractivity contribution >= 4 is 53.9 Å². The van der Waals surface area contributed by atoms with E-state index < -0.39 is 0 Å². The number of benzene rings is 10. The van der Waals surface area contributed by atoms with Gasteiger partial charge in [-0.05, 0) is 124 Å². The maximum absolute atomic E-state index is 5.32. The summed E-state index contributed by atoms with van der Waals surface area (Å²) in [5, 5.41) is 12.5. The van der Waals surface area contributed by atoms with Gasteiger partial charge in [0, 0.05) is 22.1 Å². The SMILES string of the molecule is CC1(C)c2cc3ccccc3cc2-c2c(-c3cc(-c4ccc5cc(-c6c7ccccc7cc7c6ccc6ccccc67)ccc5c4)nc(-c4ccccc4)n3)cccc21. The average Bonchev–Trinajstić information content (AvgIpc) is 3.52. The van der Waals surface area contributed by atoms with E-state index in [2.05, 4.69) is 202 Å². The third-order valence-electron chi connectivity index (χ3n) is 12.8. The molecule has 0 radical (unpaired) electrons. The third-order valence-corrected chi connectivity index (χ3v) is 12.8. The lowest BCUT2D eigenvalue weighted by molar-refractivity contribution is 0.661. The van der Waals surface area contributed by atoms with E-state index >= 15 is 0 Å². The highest BCUT2D eigenvalue weighted by molar-refractivity contribution is 6.20. The molecule has 1 heterocycles. The molecule has 1 aromatic heterocycles.